The third-order valence-electron chi connectivity index (χ3n) is 3.51. The van der Waals surface area contributed by atoms with E-state index >= 15 is 0 Å². The second-order valence-corrected chi connectivity index (χ2v) is 4.82. The predicted octanol–water partition coefficient (Wildman–Crippen LogP) is 3.81. The first-order valence-corrected chi connectivity index (χ1v) is 6.72. The number of pyridine rings is 1. The lowest BCUT2D eigenvalue weighted by atomic mass is 10.1. The summed E-state index contributed by atoms with van der Waals surface area (Å²) in [5.41, 5.74) is 10.1. The van der Waals surface area contributed by atoms with Crippen molar-refractivity contribution >= 4 is 16.6 Å². The van der Waals surface area contributed by atoms with Crippen LogP contribution in [0.25, 0.3) is 22.2 Å². The topological polar surface area (TPSA) is 81.7 Å². The van der Waals surface area contributed by atoms with E-state index in [1.165, 1.54) is 0 Å². The number of aromatic nitrogens is 1. The molecular formula is C16H11N4O2+. The molecule has 0 saturated heterocycles. The van der Waals surface area contributed by atoms with Crippen LogP contribution in [0.1, 0.15) is 0 Å². The van der Waals surface area contributed by atoms with Gasteiger partial charge in [-0.05, 0) is 12.1 Å². The lowest BCUT2D eigenvalue weighted by molar-refractivity contribution is 0.174. The van der Waals surface area contributed by atoms with Crippen molar-refractivity contribution in [3.8, 4) is 22.8 Å². The van der Waals surface area contributed by atoms with Gasteiger partial charge in [-0.1, -0.05) is 30.3 Å². The average Bonchev–Trinajstić information content (AvgIpc) is 3.01. The molecule has 106 valence electrons. The molecule has 1 N–H and O–H groups in total. The molecule has 4 rings (SSSR count). The molecule has 0 bridgehead atoms. The Morgan fingerprint density at radius 3 is 2.59 bits per heavy atom. The van der Waals surface area contributed by atoms with Gasteiger partial charge in [0.2, 0.25) is 11.7 Å². The molecule has 6 nitrogen and oxygen atoms in total. The summed E-state index contributed by atoms with van der Waals surface area (Å²) in [6, 6.07) is 15.3. The summed E-state index contributed by atoms with van der Waals surface area (Å²) in [5.74, 6) is 1.32. The van der Waals surface area contributed by atoms with Crippen LogP contribution in [0.3, 0.4) is 0 Å². The van der Waals surface area contributed by atoms with Crippen LogP contribution in [-0.2, 0) is 0 Å². The van der Waals surface area contributed by atoms with Gasteiger partial charge in [0.05, 0.1) is 11.2 Å². The minimum absolute atomic E-state index is 0.201. The minimum atomic E-state index is 0.201. The first-order chi connectivity index (χ1) is 10.8. The van der Waals surface area contributed by atoms with Crippen molar-refractivity contribution in [1.29, 1.82) is 5.53 Å². The van der Waals surface area contributed by atoms with E-state index in [-0.39, 0.29) is 6.79 Å². The molecule has 2 heterocycles. The van der Waals surface area contributed by atoms with E-state index in [1.807, 2.05) is 48.5 Å². The van der Waals surface area contributed by atoms with Crippen LogP contribution < -0.4 is 14.4 Å². The Morgan fingerprint density at radius 1 is 1.05 bits per heavy atom. The molecule has 3 aromatic rings. The van der Waals surface area contributed by atoms with Gasteiger partial charge in [-0.2, -0.15) is 0 Å². The maximum absolute atomic E-state index is 7.03. The molecule has 0 aliphatic carbocycles. The Kier molecular flexibility index (Phi) is 2.81. The predicted molar refractivity (Wildman–Crippen MR) is 80.2 cm³/mol. The smallest absolute Gasteiger partial charge is 0.231 e. The van der Waals surface area contributed by atoms with Gasteiger partial charge < -0.3 is 9.47 Å². The average molecular weight is 291 g/mol. The lowest BCUT2D eigenvalue weighted by Gasteiger charge is -2.05. The van der Waals surface area contributed by atoms with Crippen LogP contribution in [0.5, 0.6) is 11.5 Å². The summed E-state index contributed by atoms with van der Waals surface area (Å²) < 4.78 is 10.8. The van der Waals surface area contributed by atoms with Crippen molar-refractivity contribution in [2.24, 2.45) is 5.11 Å². The van der Waals surface area contributed by atoms with Gasteiger partial charge in [-0.25, -0.2) is 4.98 Å². The number of fused-ring (bicyclic) bond motifs is 2. The molecule has 0 unspecified atom stereocenters. The molecule has 0 amide bonds. The second-order valence-electron chi connectivity index (χ2n) is 4.82. The molecule has 2 aromatic carbocycles. The zero-order valence-corrected chi connectivity index (χ0v) is 11.5. The molecule has 0 spiro atoms. The molecule has 22 heavy (non-hydrogen) atoms. The number of hydrogen-bond acceptors (Lipinski definition) is 5. The normalized spacial score (nSPS) is 12.2. The van der Waals surface area contributed by atoms with E-state index in [9.17, 15) is 0 Å². The summed E-state index contributed by atoms with van der Waals surface area (Å²) in [6.45, 7) is 0.201. The monoisotopic (exact) mass is 291 g/mol. The molecular weight excluding hydrogens is 280 g/mol. The quantitative estimate of drug-likeness (QED) is 0.575. The molecule has 0 atom stereocenters. The fourth-order valence-corrected chi connectivity index (χ4v) is 2.49. The molecule has 0 fully saturated rings. The number of hydrogen-bond donors (Lipinski definition) is 1. The highest BCUT2D eigenvalue weighted by molar-refractivity contribution is 5.94. The Morgan fingerprint density at radius 2 is 1.82 bits per heavy atom. The number of benzene rings is 2. The Labute approximate surface area is 125 Å². The van der Waals surface area contributed by atoms with Gasteiger partial charge in [0, 0.05) is 17.0 Å². The summed E-state index contributed by atoms with van der Waals surface area (Å²) >= 11 is 0. The zero-order valence-electron chi connectivity index (χ0n) is 11.5. The molecule has 0 saturated carbocycles. The number of nitrogens with zero attached hydrogens (tertiary/aromatic N) is 3. The highest BCUT2D eigenvalue weighted by Crippen LogP contribution is 2.39. The summed E-state index contributed by atoms with van der Waals surface area (Å²) in [7, 11) is 0. The van der Waals surface area contributed by atoms with Crippen LogP contribution >= 0.6 is 0 Å². The van der Waals surface area contributed by atoms with Crippen molar-refractivity contribution in [2.45, 2.75) is 0 Å². The first-order valence-electron chi connectivity index (χ1n) is 6.72. The van der Waals surface area contributed by atoms with E-state index < -0.39 is 0 Å². The lowest BCUT2D eigenvalue weighted by Crippen LogP contribution is -1.92. The number of nitrogens with one attached hydrogen (secondary N) is 1. The number of rotatable bonds is 2. The van der Waals surface area contributed by atoms with Crippen LogP contribution in [0.2, 0.25) is 0 Å². The van der Waals surface area contributed by atoms with E-state index in [2.05, 4.69) is 15.0 Å². The van der Waals surface area contributed by atoms with Gasteiger partial charge in [0.1, 0.15) is 5.53 Å². The second kappa shape index (κ2) is 4.95. The molecule has 0 radical (unpaired) electrons. The standard InChI is InChI=1S/C16H11N4O2/c17-20-19-14-7-12(10-4-2-1-3-5-10)18-13-8-16-15(6-11(13)14)21-9-22-16/h1-8,17H,9H2/q+1. The van der Waals surface area contributed by atoms with Gasteiger partial charge in [0.25, 0.3) is 0 Å². The van der Waals surface area contributed by atoms with Crippen molar-refractivity contribution in [1.82, 2.24) is 9.90 Å². The summed E-state index contributed by atoms with van der Waals surface area (Å²) in [6.07, 6.45) is 0. The van der Waals surface area contributed by atoms with E-state index in [0.717, 1.165) is 22.2 Å². The highest BCUT2D eigenvalue weighted by atomic mass is 16.7. The maximum Gasteiger partial charge on any atom is 0.231 e. The molecule has 1 aliphatic rings. The largest absolute Gasteiger partial charge is 0.454 e. The number of ether oxygens (including phenoxy) is 2. The van der Waals surface area contributed by atoms with E-state index in [1.54, 1.807) is 0 Å². The maximum atomic E-state index is 7.03. The zero-order chi connectivity index (χ0) is 14.9. The van der Waals surface area contributed by atoms with Crippen LogP contribution in [0, 0.1) is 5.53 Å². The summed E-state index contributed by atoms with van der Waals surface area (Å²) in [4.78, 5) is 7.83. The van der Waals surface area contributed by atoms with Gasteiger partial charge in [-0.3, -0.25) is 0 Å². The molecule has 1 aliphatic heterocycles. The fourth-order valence-electron chi connectivity index (χ4n) is 2.49. The third-order valence-corrected chi connectivity index (χ3v) is 3.51. The molecule has 1 aromatic heterocycles. The SMILES string of the molecule is N=[N+]=Nc1cc(-c2ccccc2)nc2cc3c(cc12)OCO3. The molecule has 6 heteroatoms. The fraction of sp³-hybridized carbons (Fsp3) is 0.0625. The van der Waals surface area contributed by atoms with Crippen LogP contribution in [-0.4, -0.2) is 11.8 Å². The minimum Gasteiger partial charge on any atom is -0.454 e. The van der Waals surface area contributed by atoms with Crippen LogP contribution in [0.15, 0.2) is 53.6 Å². The highest BCUT2D eigenvalue weighted by Gasteiger charge is 2.18. The van der Waals surface area contributed by atoms with Crippen molar-refractivity contribution in [2.75, 3.05) is 6.79 Å². The van der Waals surface area contributed by atoms with Crippen LogP contribution in [0.4, 0.5) is 5.69 Å². The Balaban J connectivity index is 2.01. The Hall–Kier alpha value is -3.24. The van der Waals surface area contributed by atoms with Crippen molar-refractivity contribution < 1.29 is 9.47 Å². The van der Waals surface area contributed by atoms with Crippen molar-refractivity contribution in [3.63, 3.8) is 0 Å². The van der Waals surface area contributed by atoms with Gasteiger partial charge in [0.15, 0.2) is 22.3 Å². The Bertz CT molecular complexity index is 918. The van der Waals surface area contributed by atoms with Gasteiger partial charge >= 0.3 is 0 Å². The van der Waals surface area contributed by atoms with E-state index in [0.29, 0.717) is 17.2 Å². The van der Waals surface area contributed by atoms with Gasteiger partial charge in [-0.15, -0.1) is 0 Å². The third kappa shape index (κ3) is 1.99. The van der Waals surface area contributed by atoms with E-state index in [4.69, 9.17) is 15.0 Å². The first kappa shape index (κ1) is 12.5. The van der Waals surface area contributed by atoms with Crippen molar-refractivity contribution in [3.05, 3.63) is 48.5 Å². The summed E-state index contributed by atoms with van der Waals surface area (Å²) in [5, 5.41) is 4.68.